The Labute approximate surface area is 144 Å². The number of ketones is 1. The lowest BCUT2D eigenvalue weighted by Gasteiger charge is -2.02. The van der Waals surface area contributed by atoms with Gasteiger partial charge in [-0.2, -0.15) is 0 Å². The van der Waals surface area contributed by atoms with Crippen molar-refractivity contribution >= 4 is 28.7 Å². The van der Waals surface area contributed by atoms with Crippen molar-refractivity contribution in [1.82, 2.24) is 4.57 Å². The number of hydrogen-bond acceptors (Lipinski definition) is 4. The van der Waals surface area contributed by atoms with E-state index in [2.05, 4.69) is 0 Å². The second-order valence-electron chi connectivity index (χ2n) is 5.90. The number of carbonyl (C=O) groups excluding carboxylic acids is 2. The summed E-state index contributed by atoms with van der Waals surface area (Å²) in [5.74, 6) is 0.403. The number of esters is 1. The number of rotatable bonds is 2. The van der Waals surface area contributed by atoms with Crippen LogP contribution in [0.5, 0.6) is 11.5 Å². The molecule has 1 aliphatic heterocycles. The van der Waals surface area contributed by atoms with Gasteiger partial charge in [-0.15, -0.1) is 0 Å². The third-order valence-corrected chi connectivity index (χ3v) is 4.12. The molecule has 0 spiro atoms. The topological polar surface area (TPSA) is 57.5 Å². The maximum Gasteiger partial charge on any atom is 0.308 e. The van der Waals surface area contributed by atoms with E-state index in [1.807, 2.05) is 42.1 Å². The number of nitrogens with zero attached hydrogens (tertiary/aromatic N) is 1. The Balaban J connectivity index is 1.73. The van der Waals surface area contributed by atoms with Gasteiger partial charge in [0.2, 0.25) is 5.78 Å². The number of carbonyl (C=O) groups is 2. The predicted octanol–water partition coefficient (Wildman–Crippen LogP) is 3.72. The van der Waals surface area contributed by atoms with Crippen LogP contribution in [0.2, 0.25) is 0 Å². The maximum absolute atomic E-state index is 12.6. The highest BCUT2D eigenvalue weighted by atomic mass is 16.5. The summed E-state index contributed by atoms with van der Waals surface area (Å²) in [6.45, 7) is 1.32. The van der Waals surface area contributed by atoms with Gasteiger partial charge in [-0.25, -0.2) is 0 Å². The number of ether oxygens (including phenoxy) is 2. The van der Waals surface area contributed by atoms with Crippen LogP contribution in [0.15, 0.2) is 54.4 Å². The molecule has 124 valence electrons. The first kappa shape index (κ1) is 15.2. The molecule has 0 saturated carbocycles. The van der Waals surface area contributed by atoms with E-state index in [-0.39, 0.29) is 11.5 Å². The van der Waals surface area contributed by atoms with Crippen molar-refractivity contribution in [2.75, 3.05) is 0 Å². The molecule has 4 rings (SSSR count). The quantitative estimate of drug-likeness (QED) is 0.407. The van der Waals surface area contributed by atoms with E-state index < -0.39 is 5.97 Å². The van der Waals surface area contributed by atoms with Crippen molar-refractivity contribution in [3.8, 4) is 11.5 Å². The molecule has 0 atom stereocenters. The van der Waals surface area contributed by atoms with Gasteiger partial charge >= 0.3 is 5.97 Å². The van der Waals surface area contributed by atoms with Crippen molar-refractivity contribution in [2.45, 2.75) is 6.92 Å². The summed E-state index contributed by atoms with van der Waals surface area (Å²) in [6.07, 6.45) is 3.71. The number of hydrogen-bond donors (Lipinski definition) is 0. The summed E-state index contributed by atoms with van der Waals surface area (Å²) in [4.78, 5) is 23.6. The number of benzene rings is 2. The van der Waals surface area contributed by atoms with Crippen molar-refractivity contribution < 1.29 is 19.1 Å². The van der Waals surface area contributed by atoms with Gasteiger partial charge in [-0.3, -0.25) is 9.59 Å². The molecule has 5 heteroatoms. The van der Waals surface area contributed by atoms with Crippen LogP contribution in [0.4, 0.5) is 0 Å². The minimum Gasteiger partial charge on any atom is -0.452 e. The van der Waals surface area contributed by atoms with Gasteiger partial charge in [0.25, 0.3) is 0 Å². The fourth-order valence-electron chi connectivity index (χ4n) is 3.03. The number of aryl methyl sites for hydroxylation is 1. The highest BCUT2D eigenvalue weighted by Gasteiger charge is 2.28. The maximum atomic E-state index is 12.6. The van der Waals surface area contributed by atoms with Crippen LogP contribution in [-0.4, -0.2) is 16.3 Å². The molecule has 2 aromatic carbocycles. The van der Waals surface area contributed by atoms with E-state index in [4.69, 9.17) is 9.47 Å². The molecule has 0 fully saturated rings. The van der Waals surface area contributed by atoms with Gasteiger partial charge in [0, 0.05) is 42.7 Å². The Kier molecular flexibility index (Phi) is 3.42. The standard InChI is InChI=1S/C20H15NO4/c1-12(22)24-14-7-8-16-18(10-14)25-19(20(16)23)9-13-11-21(2)17-6-4-3-5-15(13)17/h3-11H,1-2H3/b19-9+. The van der Waals surface area contributed by atoms with Gasteiger partial charge < -0.3 is 14.0 Å². The third kappa shape index (κ3) is 2.59. The van der Waals surface area contributed by atoms with E-state index in [1.165, 1.54) is 6.92 Å². The summed E-state index contributed by atoms with van der Waals surface area (Å²) in [7, 11) is 1.96. The van der Waals surface area contributed by atoms with E-state index >= 15 is 0 Å². The van der Waals surface area contributed by atoms with Gasteiger partial charge in [-0.05, 0) is 24.3 Å². The first-order valence-corrected chi connectivity index (χ1v) is 7.84. The van der Waals surface area contributed by atoms with Crippen LogP contribution in [0.25, 0.3) is 17.0 Å². The molecule has 1 aromatic heterocycles. The van der Waals surface area contributed by atoms with Gasteiger partial charge in [-0.1, -0.05) is 18.2 Å². The van der Waals surface area contributed by atoms with E-state index in [9.17, 15) is 9.59 Å². The zero-order valence-electron chi connectivity index (χ0n) is 13.8. The number of aromatic nitrogens is 1. The van der Waals surface area contributed by atoms with Crippen molar-refractivity contribution in [2.24, 2.45) is 7.05 Å². The molecular formula is C20H15NO4. The zero-order valence-corrected chi connectivity index (χ0v) is 13.8. The highest BCUT2D eigenvalue weighted by Crippen LogP contribution is 2.35. The zero-order chi connectivity index (χ0) is 17.6. The normalized spacial score (nSPS) is 14.6. The van der Waals surface area contributed by atoms with Crippen molar-refractivity contribution in [1.29, 1.82) is 0 Å². The second kappa shape index (κ2) is 5.63. The highest BCUT2D eigenvalue weighted by molar-refractivity contribution is 6.15. The molecule has 0 saturated heterocycles. The largest absolute Gasteiger partial charge is 0.452 e. The van der Waals surface area contributed by atoms with Crippen LogP contribution in [0, 0.1) is 0 Å². The first-order valence-electron chi connectivity index (χ1n) is 7.84. The molecule has 0 N–H and O–H groups in total. The SMILES string of the molecule is CC(=O)Oc1ccc2c(c1)O/C(=C/c1cn(C)c3ccccc13)C2=O. The monoisotopic (exact) mass is 333 g/mol. The molecule has 5 nitrogen and oxygen atoms in total. The molecule has 0 aliphatic carbocycles. The van der Waals surface area contributed by atoms with E-state index in [0.29, 0.717) is 17.1 Å². The number of fused-ring (bicyclic) bond motifs is 2. The molecule has 0 amide bonds. The molecule has 2 heterocycles. The Morgan fingerprint density at radius 2 is 2.00 bits per heavy atom. The number of Topliss-reactive ketones (excluding diaryl/α,β-unsaturated/α-hetero) is 1. The average molecular weight is 333 g/mol. The lowest BCUT2D eigenvalue weighted by molar-refractivity contribution is -0.131. The second-order valence-corrected chi connectivity index (χ2v) is 5.90. The number of allylic oxidation sites excluding steroid dienone is 1. The molecule has 25 heavy (non-hydrogen) atoms. The van der Waals surface area contributed by atoms with Crippen LogP contribution in [0.3, 0.4) is 0 Å². The third-order valence-electron chi connectivity index (χ3n) is 4.12. The average Bonchev–Trinajstić information content (AvgIpc) is 3.06. The van der Waals surface area contributed by atoms with Crippen LogP contribution >= 0.6 is 0 Å². The minimum atomic E-state index is -0.421. The summed E-state index contributed by atoms with van der Waals surface area (Å²) in [5.41, 5.74) is 2.45. The smallest absolute Gasteiger partial charge is 0.308 e. The summed E-state index contributed by atoms with van der Waals surface area (Å²) in [5, 5.41) is 1.05. The Morgan fingerprint density at radius 1 is 1.20 bits per heavy atom. The molecule has 3 aromatic rings. The molecule has 0 radical (unpaired) electrons. The minimum absolute atomic E-state index is 0.183. The first-order chi connectivity index (χ1) is 12.0. The molecule has 1 aliphatic rings. The molecule has 0 bridgehead atoms. The summed E-state index contributed by atoms with van der Waals surface area (Å²) >= 11 is 0. The van der Waals surface area contributed by atoms with Gasteiger partial charge in [0.05, 0.1) is 5.56 Å². The lowest BCUT2D eigenvalue weighted by Crippen LogP contribution is -2.01. The van der Waals surface area contributed by atoms with Crippen LogP contribution < -0.4 is 9.47 Å². The fourth-order valence-corrected chi connectivity index (χ4v) is 3.03. The van der Waals surface area contributed by atoms with E-state index in [0.717, 1.165) is 16.5 Å². The lowest BCUT2D eigenvalue weighted by atomic mass is 10.1. The number of para-hydroxylation sites is 1. The van der Waals surface area contributed by atoms with Crippen LogP contribution in [0.1, 0.15) is 22.8 Å². The summed E-state index contributed by atoms with van der Waals surface area (Å²) < 4.78 is 12.8. The Hall–Kier alpha value is -3.34. The fraction of sp³-hybridized carbons (Fsp3) is 0.100. The van der Waals surface area contributed by atoms with E-state index in [1.54, 1.807) is 24.3 Å². The summed E-state index contributed by atoms with van der Waals surface area (Å²) in [6, 6.07) is 12.7. The van der Waals surface area contributed by atoms with Crippen LogP contribution in [-0.2, 0) is 11.8 Å². The Bertz CT molecular complexity index is 1060. The van der Waals surface area contributed by atoms with Crippen molar-refractivity contribution in [3.63, 3.8) is 0 Å². The molecular weight excluding hydrogens is 318 g/mol. The van der Waals surface area contributed by atoms with Gasteiger partial charge in [0.1, 0.15) is 11.5 Å². The predicted molar refractivity (Wildman–Crippen MR) is 93.6 cm³/mol. The Morgan fingerprint density at radius 3 is 2.80 bits per heavy atom. The van der Waals surface area contributed by atoms with Crippen molar-refractivity contribution in [3.05, 3.63) is 65.5 Å². The molecule has 0 unspecified atom stereocenters. The van der Waals surface area contributed by atoms with Gasteiger partial charge in [0.15, 0.2) is 5.76 Å².